The highest BCUT2D eigenvalue weighted by molar-refractivity contribution is 5.12. The Morgan fingerprint density at radius 3 is 2.20 bits per heavy atom. The molecule has 0 aliphatic heterocycles. The second-order valence-corrected chi connectivity index (χ2v) is 1.23. The smallest absolute Gasteiger partial charge is 0.0528 e. The van der Waals surface area contributed by atoms with Gasteiger partial charge in [-0.25, -0.2) is 0 Å². The van der Waals surface area contributed by atoms with Crippen molar-refractivity contribution in [2.75, 3.05) is 6.61 Å². The van der Waals surface area contributed by atoms with E-state index in [1.807, 2.05) is 12.2 Å². The summed E-state index contributed by atoms with van der Waals surface area (Å²) in [7, 11) is 0. The van der Waals surface area contributed by atoms with Crippen LogP contribution in [0.25, 0.3) is 0 Å². The van der Waals surface area contributed by atoms with E-state index in [1.165, 1.54) is 0 Å². The SMILES string of the molecule is OCC1C=C1. The first kappa shape index (κ1) is 2.91. The van der Waals surface area contributed by atoms with Crippen molar-refractivity contribution < 1.29 is 5.11 Å². The van der Waals surface area contributed by atoms with Crippen molar-refractivity contribution in [3.8, 4) is 0 Å². The average molecular weight is 70.1 g/mol. The zero-order valence-corrected chi connectivity index (χ0v) is 2.89. The first-order valence-corrected chi connectivity index (χ1v) is 1.72. The van der Waals surface area contributed by atoms with Crippen molar-refractivity contribution in [3.63, 3.8) is 0 Å². The molecule has 1 aliphatic rings. The van der Waals surface area contributed by atoms with Crippen LogP contribution in [0, 0.1) is 5.92 Å². The van der Waals surface area contributed by atoms with Crippen LogP contribution in [-0.2, 0) is 0 Å². The summed E-state index contributed by atoms with van der Waals surface area (Å²) in [4.78, 5) is 0. The lowest BCUT2D eigenvalue weighted by Crippen LogP contribution is -1.81. The van der Waals surface area contributed by atoms with Gasteiger partial charge < -0.3 is 5.11 Å². The normalized spacial score (nSPS) is 20.2. The lowest BCUT2D eigenvalue weighted by Gasteiger charge is -1.75. The minimum Gasteiger partial charge on any atom is -0.395 e. The quantitative estimate of drug-likeness (QED) is 0.436. The van der Waals surface area contributed by atoms with Crippen LogP contribution in [0.1, 0.15) is 0 Å². The summed E-state index contributed by atoms with van der Waals surface area (Å²) in [5.74, 6) is 0.440. The maximum atomic E-state index is 8.14. The van der Waals surface area contributed by atoms with Gasteiger partial charge in [0.05, 0.1) is 6.61 Å². The Morgan fingerprint density at radius 1 is 1.60 bits per heavy atom. The van der Waals surface area contributed by atoms with Crippen molar-refractivity contribution in [2.24, 2.45) is 5.92 Å². The number of hydrogen-bond acceptors (Lipinski definition) is 1. The van der Waals surface area contributed by atoms with Gasteiger partial charge in [-0.2, -0.15) is 0 Å². The molecule has 0 saturated carbocycles. The molecule has 1 nitrogen and oxygen atoms in total. The predicted octanol–water partition coefficient (Wildman–Crippen LogP) is 0.165. The Kier molecular flexibility index (Phi) is 0.484. The van der Waals surface area contributed by atoms with E-state index < -0.39 is 0 Å². The van der Waals surface area contributed by atoms with Gasteiger partial charge in [0.1, 0.15) is 0 Å². The molecule has 0 spiro atoms. The van der Waals surface area contributed by atoms with Crippen molar-refractivity contribution in [1.29, 1.82) is 0 Å². The molecule has 0 aromatic heterocycles. The first-order valence-electron chi connectivity index (χ1n) is 1.72. The molecule has 0 fully saturated rings. The highest BCUT2D eigenvalue weighted by atomic mass is 16.3. The monoisotopic (exact) mass is 70.0 g/mol. The van der Waals surface area contributed by atoms with E-state index >= 15 is 0 Å². The lowest BCUT2D eigenvalue weighted by atomic mass is 10.4. The van der Waals surface area contributed by atoms with Crippen LogP contribution >= 0.6 is 0 Å². The first-order chi connectivity index (χ1) is 2.43. The molecule has 0 bridgehead atoms. The van der Waals surface area contributed by atoms with Crippen LogP contribution in [0.2, 0.25) is 0 Å². The standard InChI is InChI=1S/C4H6O/c5-3-4-1-2-4/h1-2,4-5H,3H2. The van der Waals surface area contributed by atoms with Crippen LogP contribution < -0.4 is 0 Å². The second-order valence-electron chi connectivity index (χ2n) is 1.23. The Labute approximate surface area is 30.9 Å². The number of aliphatic hydroxyl groups is 1. The molecule has 28 valence electrons. The molecule has 1 heteroatoms. The Hall–Kier alpha value is -0.300. The van der Waals surface area contributed by atoms with E-state index in [1.54, 1.807) is 0 Å². The molecule has 1 N–H and O–H groups in total. The van der Waals surface area contributed by atoms with E-state index in [4.69, 9.17) is 5.11 Å². The minimum atomic E-state index is 0.306. The summed E-state index contributed by atoms with van der Waals surface area (Å²) in [5.41, 5.74) is 0. The number of aliphatic hydroxyl groups excluding tert-OH is 1. The van der Waals surface area contributed by atoms with Gasteiger partial charge in [-0.05, 0) is 0 Å². The van der Waals surface area contributed by atoms with E-state index in [-0.39, 0.29) is 0 Å². The molecular formula is C4H6O. The van der Waals surface area contributed by atoms with Crippen LogP contribution in [0.3, 0.4) is 0 Å². The lowest BCUT2D eigenvalue weighted by molar-refractivity contribution is 0.286. The molecule has 0 aromatic rings. The van der Waals surface area contributed by atoms with Gasteiger partial charge in [-0.3, -0.25) is 0 Å². The largest absolute Gasteiger partial charge is 0.395 e. The third-order valence-electron chi connectivity index (χ3n) is 0.675. The molecule has 5 heavy (non-hydrogen) atoms. The minimum absolute atomic E-state index is 0.306. The topological polar surface area (TPSA) is 20.2 Å². The fraction of sp³-hybridized carbons (Fsp3) is 0.500. The summed E-state index contributed by atoms with van der Waals surface area (Å²) in [6.45, 7) is 0.306. The maximum absolute atomic E-state index is 8.14. The van der Waals surface area contributed by atoms with Gasteiger partial charge in [-0.15, -0.1) is 0 Å². The van der Waals surface area contributed by atoms with Gasteiger partial charge in [-0.1, -0.05) is 12.2 Å². The molecule has 0 amide bonds. The summed E-state index contributed by atoms with van der Waals surface area (Å²) in [5, 5.41) is 8.14. The second kappa shape index (κ2) is 0.830. The zero-order chi connectivity index (χ0) is 3.70. The average Bonchev–Trinajstić information content (AvgIpc) is 2.12. The molecule has 0 unspecified atom stereocenters. The predicted molar refractivity (Wildman–Crippen MR) is 19.7 cm³/mol. The zero-order valence-electron chi connectivity index (χ0n) is 2.89. The van der Waals surface area contributed by atoms with E-state index in [0.29, 0.717) is 12.5 Å². The van der Waals surface area contributed by atoms with Crippen LogP contribution in [0.5, 0.6) is 0 Å². The van der Waals surface area contributed by atoms with Crippen molar-refractivity contribution in [3.05, 3.63) is 12.2 Å². The third-order valence-corrected chi connectivity index (χ3v) is 0.675. The van der Waals surface area contributed by atoms with Gasteiger partial charge in [0.2, 0.25) is 0 Å². The summed E-state index contributed by atoms with van der Waals surface area (Å²) in [6, 6.07) is 0. The Balaban J connectivity index is 2.06. The van der Waals surface area contributed by atoms with Crippen molar-refractivity contribution in [2.45, 2.75) is 0 Å². The molecule has 1 aliphatic carbocycles. The Bertz CT molecular complexity index is 50.7. The van der Waals surface area contributed by atoms with Crippen molar-refractivity contribution >= 4 is 0 Å². The van der Waals surface area contributed by atoms with Gasteiger partial charge in [0.25, 0.3) is 0 Å². The molecule has 0 atom stereocenters. The number of rotatable bonds is 1. The Morgan fingerprint density at radius 2 is 2.20 bits per heavy atom. The molecule has 1 rings (SSSR count). The van der Waals surface area contributed by atoms with Gasteiger partial charge in [0, 0.05) is 5.92 Å². The van der Waals surface area contributed by atoms with Crippen LogP contribution in [0.4, 0.5) is 0 Å². The van der Waals surface area contributed by atoms with E-state index in [2.05, 4.69) is 0 Å². The van der Waals surface area contributed by atoms with Crippen LogP contribution in [-0.4, -0.2) is 11.7 Å². The van der Waals surface area contributed by atoms with Crippen LogP contribution in [0.15, 0.2) is 12.2 Å². The molecule has 0 saturated heterocycles. The highest BCUT2D eigenvalue weighted by Crippen LogP contribution is 2.12. The van der Waals surface area contributed by atoms with Crippen molar-refractivity contribution in [1.82, 2.24) is 0 Å². The number of hydrogen-bond donors (Lipinski definition) is 1. The van der Waals surface area contributed by atoms with E-state index in [0.717, 1.165) is 0 Å². The third kappa shape index (κ3) is 0.484. The maximum Gasteiger partial charge on any atom is 0.0528 e. The molecule has 0 heterocycles. The molecular weight excluding hydrogens is 64.0 g/mol. The van der Waals surface area contributed by atoms with Gasteiger partial charge >= 0.3 is 0 Å². The summed E-state index contributed by atoms with van der Waals surface area (Å²) < 4.78 is 0. The molecule has 0 radical (unpaired) electrons. The highest BCUT2D eigenvalue weighted by Gasteiger charge is 2.05. The fourth-order valence-corrected chi connectivity index (χ4v) is 0.200. The molecule has 0 aromatic carbocycles. The fourth-order valence-electron chi connectivity index (χ4n) is 0.200. The van der Waals surface area contributed by atoms with E-state index in [9.17, 15) is 0 Å². The van der Waals surface area contributed by atoms with Gasteiger partial charge in [0.15, 0.2) is 0 Å². The summed E-state index contributed by atoms with van der Waals surface area (Å²) in [6.07, 6.45) is 3.94. The summed E-state index contributed by atoms with van der Waals surface area (Å²) >= 11 is 0.